The molecule has 1 aromatic carbocycles. The fourth-order valence-electron chi connectivity index (χ4n) is 1.96. The number of rotatable bonds is 4. The molecular formula is C17H21NO3. The van der Waals surface area contributed by atoms with E-state index in [1.54, 1.807) is 12.1 Å². The minimum absolute atomic E-state index is 0.148. The van der Waals surface area contributed by atoms with Crippen molar-refractivity contribution in [1.82, 2.24) is 0 Å². The highest BCUT2D eigenvalue weighted by atomic mass is 16.5. The van der Waals surface area contributed by atoms with Crippen LogP contribution >= 0.6 is 0 Å². The Balaban J connectivity index is 1.97. The number of carbonyl (C=O) groups is 1. The van der Waals surface area contributed by atoms with E-state index in [-0.39, 0.29) is 11.2 Å². The lowest BCUT2D eigenvalue weighted by molar-refractivity contribution is 0.0563. The summed E-state index contributed by atoms with van der Waals surface area (Å²) in [5.74, 6) is 0.448. The maximum Gasteiger partial charge on any atom is 0.373 e. The van der Waals surface area contributed by atoms with E-state index < -0.39 is 5.97 Å². The molecule has 2 rings (SSSR count). The molecule has 112 valence electrons. The van der Waals surface area contributed by atoms with Crippen LogP contribution in [0.3, 0.4) is 0 Å². The molecule has 0 bridgehead atoms. The van der Waals surface area contributed by atoms with Crippen molar-refractivity contribution in [3.8, 4) is 0 Å². The monoisotopic (exact) mass is 287 g/mol. The number of benzene rings is 1. The molecule has 0 aliphatic carbocycles. The summed E-state index contributed by atoms with van der Waals surface area (Å²) in [6.45, 7) is 7.08. The Morgan fingerprint density at radius 3 is 2.38 bits per heavy atom. The summed E-state index contributed by atoms with van der Waals surface area (Å²) in [4.78, 5) is 11.3. The van der Waals surface area contributed by atoms with Crippen LogP contribution in [0.5, 0.6) is 0 Å². The van der Waals surface area contributed by atoms with Crippen molar-refractivity contribution < 1.29 is 13.9 Å². The van der Waals surface area contributed by atoms with Crippen LogP contribution in [0, 0.1) is 0 Å². The summed E-state index contributed by atoms with van der Waals surface area (Å²) in [6.07, 6.45) is 0. The van der Waals surface area contributed by atoms with Gasteiger partial charge in [-0.1, -0.05) is 32.9 Å². The standard InChI is InChI=1S/C17H21NO3/c1-17(2,3)12-5-7-13(8-6-12)18-11-14-9-10-15(21-14)16(19)20-4/h5-10,18H,11H2,1-4H3. The zero-order chi connectivity index (χ0) is 15.5. The number of carbonyl (C=O) groups excluding carboxylic acids is 1. The van der Waals surface area contributed by atoms with E-state index in [0.717, 1.165) is 5.69 Å². The minimum Gasteiger partial charge on any atom is -0.463 e. The van der Waals surface area contributed by atoms with Gasteiger partial charge < -0.3 is 14.5 Å². The van der Waals surface area contributed by atoms with Gasteiger partial charge in [0.2, 0.25) is 5.76 Å². The quantitative estimate of drug-likeness (QED) is 0.864. The van der Waals surface area contributed by atoms with E-state index in [1.807, 2.05) is 12.1 Å². The highest BCUT2D eigenvalue weighted by molar-refractivity contribution is 5.86. The highest BCUT2D eigenvalue weighted by Gasteiger charge is 2.13. The normalized spacial score (nSPS) is 11.2. The van der Waals surface area contributed by atoms with Gasteiger partial charge in [-0.25, -0.2) is 4.79 Å². The Hall–Kier alpha value is -2.23. The lowest BCUT2D eigenvalue weighted by atomic mass is 9.87. The smallest absolute Gasteiger partial charge is 0.373 e. The lowest BCUT2D eigenvalue weighted by Crippen LogP contribution is -2.10. The van der Waals surface area contributed by atoms with Crippen LogP contribution in [0.15, 0.2) is 40.8 Å². The van der Waals surface area contributed by atoms with Crippen LogP contribution < -0.4 is 5.32 Å². The van der Waals surface area contributed by atoms with Gasteiger partial charge in [-0.2, -0.15) is 0 Å². The molecule has 0 aliphatic rings. The van der Waals surface area contributed by atoms with Crippen LogP contribution in [-0.2, 0) is 16.7 Å². The largest absolute Gasteiger partial charge is 0.463 e. The van der Waals surface area contributed by atoms with Gasteiger partial charge in [0.05, 0.1) is 13.7 Å². The SMILES string of the molecule is COC(=O)c1ccc(CNc2ccc(C(C)(C)C)cc2)o1. The number of hydrogen-bond donors (Lipinski definition) is 1. The number of methoxy groups -OCH3 is 1. The second kappa shape index (κ2) is 6.04. The molecular weight excluding hydrogens is 266 g/mol. The van der Waals surface area contributed by atoms with E-state index in [1.165, 1.54) is 12.7 Å². The molecule has 1 aromatic heterocycles. The molecule has 0 radical (unpaired) electrons. The highest BCUT2D eigenvalue weighted by Crippen LogP contribution is 2.23. The Morgan fingerprint density at radius 1 is 1.14 bits per heavy atom. The molecule has 0 spiro atoms. The molecule has 21 heavy (non-hydrogen) atoms. The average Bonchev–Trinajstić information content (AvgIpc) is 2.92. The van der Waals surface area contributed by atoms with Crippen molar-refractivity contribution in [2.45, 2.75) is 32.7 Å². The van der Waals surface area contributed by atoms with E-state index >= 15 is 0 Å². The first kappa shape index (κ1) is 15.2. The van der Waals surface area contributed by atoms with Gasteiger partial charge in [0, 0.05) is 5.69 Å². The summed E-state index contributed by atoms with van der Waals surface area (Å²) < 4.78 is 10.0. The van der Waals surface area contributed by atoms with Gasteiger partial charge in [-0.3, -0.25) is 0 Å². The Morgan fingerprint density at radius 2 is 1.81 bits per heavy atom. The van der Waals surface area contributed by atoms with Gasteiger partial charge in [-0.05, 0) is 35.2 Å². The number of nitrogens with one attached hydrogen (secondary N) is 1. The zero-order valence-corrected chi connectivity index (χ0v) is 12.9. The third-order valence-corrected chi connectivity index (χ3v) is 3.27. The topological polar surface area (TPSA) is 51.5 Å². The molecule has 2 aromatic rings. The van der Waals surface area contributed by atoms with E-state index in [9.17, 15) is 4.79 Å². The summed E-state index contributed by atoms with van der Waals surface area (Å²) in [5, 5.41) is 3.26. The van der Waals surface area contributed by atoms with E-state index in [4.69, 9.17) is 4.42 Å². The maximum absolute atomic E-state index is 11.3. The number of hydrogen-bond acceptors (Lipinski definition) is 4. The Bertz CT molecular complexity index is 606. The fraction of sp³-hybridized carbons (Fsp3) is 0.353. The first-order chi connectivity index (χ1) is 9.90. The summed E-state index contributed by atoms with van der Waals surface area (Å²) in [7, 11) is 1.33. The third kappa shape index (κ3) is 3.88. The molecule has 0 saturated heterocycles. The molecule has 0 fully saturated rings. The van der Waals surface area contributed by atoms with Crippen molar-refractivity contribution in [3.05, 3.63) is 53.5 Å². The van der Waals surface area contributed by atoms with Gasteiger partial charge in [-0.15, -0.1) is 0 Å². The summed E-state index contributed by atoms with van der Waals surface area (Å²) in [5.41, 5.74) is 2.45. The van der Waals surface area contributed by atoms with Crippen LogP contribution in [0.4, 0.5) is 5.69 Å². The number of ether oxygens (including phenoxy) is 1. The molecule has 4 heteroatoms. The van der Waals surface area contributed by atoms with Crippen molar-refractivity contribution >= 4 is 11.7 Å². The minimum atomic E-state index is -0.462. The summed E-state index contributed by atoms with van der Waals surface area (Å²) >= 11 is 0. The molecule has 1 heterocycles. The molecule has 0 saturated carbocycles. The van der Waals surface area contributed by atoms with Crippen LogP contribution in [0.25, 0.3) is 0 Å². The van der Waals surface area contributed by atoms with E-state index in [2.05, 4.69) is 43.0 Å². The predicted octanol–water partition coefficient (Wildman–Crippen LogP) is 3.98. The number of furan rings is 1. The van der Waals surface area contributed by atoms with Gasteiger partial charge >= 0.3 is 5.97 Å². The van der Waals surface area contributed by atoms with Gasteiger partial charge in [0.15, 0.2) is 0 Å². The number of anilines is 1. The molecule has 1 N–H and O–H groups in total. The molecule has 4 nitrogen and oxygen atoms in total. The second-order valence-electron chi connectivity index (χ2n) is 5.94. The van der Waals surface area contributed by atoms with Crippen LogP contribution in [0.2, 0.25) is 0 Å². The molecule has 0 unspecified atom stereocenters. The first-order valence-electron chi connectivity index (χ1n) is 6.91. The molecule has 0 atom stereocenters. The van der Waals surface area contributed by atoms with Crippen molar-refractivity contribution in [1.29, 1.82) is 0 Å². The molecule has 0 aliphatic heterocycles. The van der Waals surface area contributed by atoms with Crippen LogP contribution in [-0.4, -0.2) is 13.1 Å². The Labute approximate surface area is 125 Å². The zero-order valence-electron chi connectivity index (χ0n) is 12.9. The van der Waals surface area contributed by atoms with Crippen molar-refractivity contribution in [3.63, 3.8) is 0 Å². The first-order valence-corrected chi connectivity index (χ1v) is 6.91. The average molecular weight is 287 g/mol. The van der Waals surface area contributed by atoms with Crippen molar-refractivity contribution in [2.24, 2.45) is 0 Å². The predicted molar refractivity (Wildman–Crippen MR) is 82.5 cm³/mol. The van der Waals surface area contributed by atoms with Crippen LogP contribution in [0.1, 0.15) is 42.6 Å². The van der Waals surface area contributed by atoms with Gasteiger partial charge in [0.25, 0.3) is 0 Å². The number of esters is 1. The Kier molecular flexibility index (Phi) is 4.36. The lowest BCUT2D eigenvalue weighted by Gasteiger charge is -2.19. The summed E-state index contributed by atoms with van der Waals surface area (Å²) in [6, 6.07) is 11.7. The second-order valence-corrected chi connectivity index (χ2v) is 5.94. The van der Waals surface area contributed by atoms with Gasteiger partial charge in [0.1, 0.15) is 5.76 Å². The van der Waals surface area contributed by atoms with E-state index in [0.29, 0.717) is 12.3 Å². The fourth-order valence-corrected chi connectivity index (χ4v) is 1.96. The van der Waals surface area contributed by atoms with Crippen molar-refractivity contribution in [2.75, 3.05) is 12.4 Å². The third-order valence-electron chi connectivity index (χ3n) is 3.27. The maximum atomic E-state index is 11.3. The molecule has 0 amide bonds.